The van der Waals surface area contributed by atoms with Gasteiger partial charge >= 0.3 is 0 Å². The van der Waals surface area contributed by atoms with E-state index < -0.39 is 0 Å². The summed E-state index contributed by atoms with van der Waals surface area (Å²) >= 11 is 4.85. The Morgan fingerprint density at radius 3 is 3.00 bits per heavy atom. The van der Waals surface area contributed by atoms with Crippen LogP contribution >= 0.6 is 12.2 Å². The minimum atomic E-state index is 0.325. The van der Waals surface area contributed by atoms with Gasteiger partial charge in [-0.1, -0.05) is 12.2 Å². The maximum Gasteiger partial charge on any atom is 0.0727 e. The third-order valence-electron chi connectivity index (χ3n) is 3.04. The molecule has 1 heterocycles. The summed E-state index contributed by atoms with van der Waals surface area (Å²) in [6, 6.07) is 0. The number of hydrogen-bond acceptors (Lipinski definition) is 3. The molecule has 4 heteroatoms. The Balaban J connectivity index is 2.15. The second kappa shape index (κ2) is 7.14. The van der Waals surface area contributed by atoms with Gasteiger partial charge in [0.15, 0.2) is 0 Å². The Labute approximate surface area is 97.6 Å². The summed E-state index contributed by atoms with van der Waals surface area (Å²) in [6.45, 7) is 3.75. The van der Waals surface area contributed by atoms with Crippen LogP contribution in [-0.4, -0.2) is 41.2 Å². The van der Waals surface area contributed by atoms with Gasteiger partial charge in [-0.05, 0) is 51.1 Å². The number of rotatable bonds is 6. The molecule has 3 N–H and O–H groups in total. The molecule has 0 radical (unpaired) electrons. The molecule has 1 aliphatic rings. The predicted molar refractivity (Wildman–Crippen MR) is 66.9 cm³/mol. The van der Waals surface area contributed by atoms with Crippen LogP contribution in [0.25, 0.3) is 0 Å². The molecule has 1 rings (SSSR count). The smallest absolute Gasteiger partial charge is 0.0727 e. The lowest BCUT2D eigenvalue weighted by Gasteiger charge is -2.32. The zero-order valence-corrected chi connectivity index (χ0v) is 10.1. The minimum Gasteiger partial charge on any atom is -0.396 e. The van der Waals surface area contributed by atoms with Gasteiger partial charge < -0.3 is 15.7 Å². The Hall–Kier alpha value is -0.190. The van der Waals surface area contributed by atoms with E-state index in [9.17, 15) is 0 Å². The molecule has 0 aromatic heterocycles. The van der Waals surface area contributed by atoms with Gasteiger partial charge in [-0.2, -0.15) is 0 Å². The number of nitrogens with zero attached hydrogens (tertiary/aromatic N) is 1. The van der Waals surface area contributed by atoms with Gasteiger partial charge in [-0.25, -0.2) is 0 Å². The normalized spacial score (nSPS) is 22.9. The lowest BCUT2D eigenvalue weighted by molar-refractivity contribution is 0.147. The standard InChI is InChI=1S/C11H22N2OS/c12-11(15)4-2-7-13-6-1-3-10(9-13)5-8-14/h10,14H,1-9H2,(H2,12,15). The zero-order chi connectivity index (χ0) is 11.1. The number of thiocarbonyl (C=S) groups is 1. The van der Waals surface area contributed by atoms with Crippen molar-refractivity contribution in [1.29, 1.82) is 0 Å². The summed E-state index contributed by atoms with van der Waals surface area (Å²) < 4.78 is 0. The number of hydrogen-bond donors (Lipinski definition) is 2. The fourth-order valence-electron chi connectivity index (χ4n) is 2.25. The van der Waals surface area contributed by atoms with Gasteiger partial charge in [0.1, 0.15) is 0 Å². The zero-order valence-electron chi connectivity index (χ0n) is 9.32. The van der Waals surface area contributed by atoms with Crippen LogP contribution in [0.4, 0.5) is 0 Å². The first-order chi connectivity index (χ1) is 7.22. The van der Waals surface area contributed by atoms with E-state index in [-0.39, 0.29) is 0 Å². The molecule has 0 aromatic rings. The van der Waals surface area contributed by atoms with E-state index in [1.54, 1.807) is 0 Å². The van der Waals surface area contributed by atoms with Crippen LogP contribution in [-0.2, 0) is 0 Å². The van der Waals surface area contributed by atoms with Crippen LogP contribution in [0.3, 0.4) is 0 Å². The number of aliphatic hydroxyl groups excluding tert-OH is 1. The van der Waals surface area contributed by atoms with Crippen molar-refractivity contribution in [3.05, 3.63) is 0 Å². The molecular formula is C11H22N2OS. The molecule has 0 amide bonds. The molecular weight excluding hydrogens is 208 g/mol. The second-order valence-electron chi connectivity index (χ2n) is 4.39. The molecule has 15 heavy (non-hydrogen) atoms. The fraction of sp³-hybridized carbons (Fsp3) is 0.909. The van der Waals surface area contributed by atoms with Gasteiger partial charge in [-0.3, -0.25) is 0 Å². The largest absolute Gasteiger partial charge is 0.396 e. The van der Waals surface area contributed by atoms with Gasteiger partial charge in [-0.15, -0.1) is 0 Å². The average Bonchev–Trinajstić information content (AvgIpc) is 2.18. The van der Waals surface area contributed by atoms with Crippen LogP contribution in [0.5, 0.6) is 0 Å². The Bertz CT molecular complexity index is 197. The van der Waals surface area contributed by atoms with Crippen molar-refractivity contribution in [1.82, 2.24) is 4.90 Å². The summed E-state index contributed by atoms with van der Waals surface area (Å²) in [4.78, 5) is 3.10. The fourth-order valence-corrected chi connectivity index (χ4v) is 2.39. The minimum absolute atomic E-state index is 0.325. The van der Waals surface area contributed by atoms with E-state index in [1.165, 1.54) is 19.4 Å². The van der Waals surface area contributed by atoms with Gasteiger partial charge in [0.25, 0.3) is 0 Å². The number of aliphatic hydroxyl groups is 1. The van der Waals surface area contributed by atoms with Crippen LogP contribution < -0.4 is 5.73 Å². The molecule has 0 aliphatic carbocycles. The van der Waals surface area contributed by atoms with Crippen molar-refractivity contribution in [2.75, 3.05) is 26.2 Å². The van der Waals surface area contributed by atoms with Gasteiger partial charge in [0.2, 0.25) is 0 Å². The molecule has 1 atom stereocenters. The first-order valence-corrected chi connectivity index (χ1v) is 6.24. The number of piperidine rings is 1. The quantitative estimate of drug-likeness (QED) is 0.672. The predicted octanol–water partition coefficient (Wildman–Crippen LogP) is 1.15. The Kier molecular flexibility index (Phi) is 6.13. The van der Waals surface area contributed by atoms with Crippen LogP contribution in [0.15, 0.2) is 0 Å². The second-order valence-corrected chi connectivity index (χ2v) is 4.92. The molecule has 1 aliphatic heterocycles. The van der Waals surface area contributed by atoms with E-state index in [1.807, 2.05) is 0 Å². The van der Waals surface area contributed by atoms with Crippen molar-refractivity contribution in [2.45, 2.75) is 32.1 Å². The highest BCUT2D eigenvalue weighted by Gasteiger charge is 2.18. The van der Waals surface area contributed by atoms with Gasteiger partial charge in [0, 0.05) is 13.2 Å². The monoisotopic (exact) mass is 230 g/mol. The summed E-state index contributed by atoms with van der Waals surface area (Å²) in [5.41, 5.74) is 5.46. The molecule has 1 saturated heterocycles. The Morgan fingerprint density at radius 2 is 2.33 bits per heavy atom. The van der Waals surface area contributed by atoms with Crippen molar-refractivity contribution in [3.63, 3.8) is 0 Å². The van der Waals surface area contributed by atoms with Crippen molar-refractivity contribution < 1.29 is 5.11 Å². The highest BCUT2D eigenvalue weighted by molar-refractivity contribution is 7.80. The van der Waals surface area contributed by atoms with Crippen molar-refractivity contribution in [2.24, 2.45) is 11.7 Å². The van der Waals surface area contributed by atoms with Crippen molar-refractivity contribution in [3.8, 4) is 0 Å². The van der Waals surface area contributed by atoms with E-state index in [4.69, 9.17) is 23.1 Å². The lowest BCUT2D eigenvalue weighted by atomic mass is 9.95. The number of likely N-dealkylation sites (tertiary alicyclic amines) is 1. The molecule has 0 spiro atoms. The average molecular weight is 230 g/mol. The summed E-state index contributed by atoms with van der Waals surface area (Å²) in [6.07, 6.45) is 5.41. The first kappa shape index (κ1) is 12.9. The maximum absolute atomic E-state index is 8.90. The highest BCUT2D eigenvalue weighted by Crippen LogP contribution is 2.19. The van der Waals surface area contributed by atoms with Crippen molar-refractivity contribution >= 4 is 17.2 Å². The van der Waals surface area contributed by atoms with Crippen LogP contribution in [0.1, 0.15) is 32.1 Å². The topological polar surface area (TPSA) is 49.5 Å². The summed E-state index contributed by atoms with van der Waals surface area (Å²) in [5, 5.41) is 8.90. The van der Waals surface area contributed by atoms with E-state index in [0.717, 1.165) is 32.4 Å². The van der Waals surface area contributed by atoms with Gasteiger partial charge in [0.05, 0.1) is 4.99 Å². The molecule has 3 nitrogen and oxygen atoms in total. The molecule has 88 valence electrons. The lowest BCUT2D eigenvalue weighted by Crippen LogP contribution is -2.36. The summed E-state index contributed by atoms with van der Waals surface area (Å²) in [7, 11) is 0. The molecule has 0 saturated carbocycles. The SMILES string of the molecule is NC(=S)CCCN1CCCC(CCO)C1. The highest BCUT2D eigenvalue weighted by atomic mass is 32.1. The number of nitrogens with two attached hydrogens (primary N) is 1. The van der Waals surface area contributed by atoms with E-state index >= 15 is 0 Å². The molecule has 1 fully saturated rings. The molecule has 1 unspecified atom stereocenters. The van der Waals surface area contributed by atoms with Crippen LogP contribution in [0.2, 0.25) is 0 Å². The summed E-state index contributed by atoms with van der Waals surface area (Å²) in [5.74, 6) is 0.688. The third kappa shape index (κ3) is 5.44. The van der Waals surface area contributed by atoms with E-state index in [0.29, 0.717) is 17.5 Å². The third-order valence-corrected chi connectivity index (χ3v) is 3.24. The molecule has 0 bridgehead atoms. The Morgan fingerprint density at radius 1 is 1.53 bits per heavy atom. The van der Waals surface area contributed by atoms with E-state index in [2.05, 4.69) is 4.90 Å². The first-order valence-electron chi connectivity index (χ1n) is 5.84. The molecule has 0 aromatic carbocycles. The maximum atomic E-state index is 8.90. The van der Waals surface area contributed by atoms with Crippen LogP contribution in [0, 0.1) is 5.92 Å².